The van der Waals surface area contributed by atoms with E-state index < -0.39 is 0 Å². The third kappa shape index (κ3) is 4.46. The summed E-state index contributed by atoms with van der Waals surface area (Å²) in [6, 6.07) is 18.4. The summed E-state index contributed by atoms with van der Waals surface area (Å²) in [4.78, 5) is 35.6. The molecule has 1 aliphatic rings. The van der Waals surface area contributed by atoms with Gasteiger partial charge in [0.1, 0.15) is 0 Å². The number of benzene rings is 2. The van der Waals surface area contributed by atoms with Gasteiger partial charge in [-0.05, 0) is 42.8 Å². The second-order valence-electron chi connectivity index (χ2n) is 7.20. The van der Waals surface area contributed by atoms with Crippen LogP contribution in [0.15, 0.2) is 66.9 Å². The Hall–Kier alpha value is -3.74. The lowest BCUT2D eigenvalue weighted by Gasteiger charge is -2.29. The monoisotopic (exact) mass is 401 g/mol. The number of hydrogen-bond acceptors (Lipinski definition) is 4. The van der Waals surface area contributed by atoms with Gasteiger partial charge in [0, 0.05) is 36.2 Å². The van der Waals surface area contributed by atoms with Crippen molar-refractivity contribution in [2.24, 2.45) is 0 Å². The van der Waals surface area contributed by atoms with Gasteiger partial charge in [0.25, 0.3) is 0 Å². The van der Waals surface area contributed by atoms with Crippen LogP contribution in [-0.4, -0.2) is 39.9 Å². The van der Waals surface area contributed by atoms with Gasteiger partial charge in [0.2, 0.25) is 5.91 Å². The minimum absolute atomic E-state index is 0.0540. The van der Waals surface area contributed by atoms with E-state index in [0.29, 0.717) is 24.6 Å². The van der Waals surface area contributed by atoms with Crippen molar-refractivity contribution in [1.29, 1.82) is 0 Å². The van der Waals surface area contributed by atoms with E-state index in [1.54, 1.807) is 11.1 Å². The number of urea groups is 1. The molecule has 0 spiro atoms. The Kier molecular flexibility index (Phi) is 5.70. The molecule has 2 heterocycles. The van der Waals surface area contributed by atoms with Crippen LogP contribution in [0.3, 0.4) is 0 Å². The standard InChI is InChI=1S/C23H23N5O2/c1-16-11-12-25-22(26-16)18-7-9-19(10-8-18)27-23(30)28-14-13-24-21(29)15-20(28)17-5-3-2-4-6-17/h2-12,20H,13-15H2,1H3,(H,24,29)(H,27,30)/t20-/m0/s1. The van der Waals surface area contributed by atoms with Crippen LogP contribution in [0.25, 0.3) is 11.4 Å². The molecule has 3 aromatic rings. The maximum atomic E-state index is 13.1. The molecular formula is C23H23N5O2. The molecule has 3 amide bonds. The normalized spacial score (nSPS) is 16.5. The fourth-order valence-corrected chi connectivity index (χ4v) is 3.53. The van der Waals surface area contributed by atoms with E-state index in [4.69, 9.17) is 0 Å². The van der Waals surface area contributed by atoms with Crippen LogP contribution in [0, 0.1) is 6.92 Å². The quantitative estimate of drug-likeness (QED) is 0.703. The minimum Gasteiger partial charge on any atom is -0.354 e. The topological polar surface area (TPSA) is 87.2 Å². The summed E-state index contributed by atoms with van der Waals surface area (Å²) in [6.45, 7) is 2.79. The van der Waals surface area contributed by atoms with Crippen molar-refractivity contribution in [2.75, 3.05) is 18.4 Å². The minimum atomic E-state index is -0.311. The molecular weight excluding hydrogens is 378 g/mol. The Labute approximate surface area is 175 Å². The van der Waals surface area contributed by atoms with E-state index in [0.717, 1.165) is 16.8 Å². The van der Waals surface area contributed by atoms with Gasteiger partial charge in [-0.25, -0.2) is 14.8 Å². The first-order valence-electron chi connectivity index (χ1n) is 9.89. The van der Waals surface area contributed by atoms with Gasteiger partial charge in [-0.3, -0.25) is 4.79 Å². The number of carbonyl (C=O) groups excluding carboxylic acids is 2. The molecule has 30 heavy (non-hydrogen) atoms. The maximum absolute atomic E-state index is 13.1. The summed E-state index contributed by atoms with van der Waals surface area (Å²) >= 11 is 0. The molecule has 1 aromatic heterocycles. The van der Waals surface area contributed by atoms with Gasteiger partial charge >= 0.3 is 6.03 Å². The van der Waals surface area contributed by atoms with Crippen LogP contribution in [0.1, 0.15) is 23.7 Å². The number of aromatic nitrogens is 2. The number of amides is 3. The molecule has 4 rings (SSSR count). The SMILES string of the molecule is Cc1ccnc(-c2ccc(NC(=O)N3CCNC(=O)C[C@H]3c3ccccc3)cc2)n1. The Morgan fingerprint density at radius 3 is 2.60 bits per heavy atom. The Bertz CT molecular complexity index is 1040. The molecule has 0 bridgehead atoms. The molecule has 1 fully saturated rings. The van der Waals surface area contributed by atoms with Gasteiger partial charge in [-0.1, -0.05) is 30.3 Å². The van der Waals surface area contributed by atoms with Crippen molar-refractivity contribution in [1.82, 2.24) is 20.2 Å². The predicted molar refractivity (Wildman–Crippen MR) is 115 cm³/mol. The van der Waals surface area contributed by atoms with Crippen LogP contribution >= 0.6 is 0 Å². The lowest BCUT2D eigenvalue weighted by molar-refractivity contribution is -0.121. The highest BCUT2D eigenvalue weighted by Gasteiger charge is 2.29. The van der Waals surface area contributed by atoms with Crippen molar-refractivity contribution in [3.8, 4) is 11.4 Å². The van der Waals surface area contributed by atoms with Crippen molar-refractivity contribution in [3.63, 3.8) is 0 Å². The van der Waals surface area contributed by atoms with Crippen LogP contribution in [0.4, 0.5) is 10.5 Å². The number of aryl methyl sites for hydroxylation is 1. The third-order valence-electron chi connectivity index (χ3n) is 5.06. The number of nitrogens with zero attached hydrogens (tertiary/aromatic N) is 3. The summed E-state index contributed by atoms with van der Waals surface area (Å²) in [7, 11) is 0. The smallest absolute Gasteiger partial charge is 0.322 e. The van der Waals surface area contributed by atoms with Crippen molar-refractivity contribution >= 4 is 17.6 Å². The maximum Gasteiger partial charge on any atom is 0.322 e. The van der Waals surface area contributed by atoms with E-state index in [1.165, 1.54) is 0 Å². The zero-order valence-corrected chi connectivity index (χ0v) is 16.7. The van der Waals surface area contributed by atoms with Crippen LogP contribution in [0.2, 0.25) is 0 Å². The molecule has 1 saturated heterocycles. The molecule has 0 unspecified atom stereocenters. The number of anilines is 1. The first kappa shape index (κ1) is 19.6. The second-order valence-corrected chi connectivity index (χ2v) is 7.20. The number of carbonyl (C=O) groups is 2. The molecule has 152 valence electrons. The first-order valence-corrected chi connectivity index (χ1v) is 9.89. The van der Waals surface area contributed by atoms with E-state index in [1.807, 2.05) is 67.6 Å². The van der Waals surface area contributed by atoms with Gasteiger partial charge in [-0.15, -0.1) is 0 Å². The highest BCUT2D eigenvalue weighted by atomic mass is 16.2. The highest BCUT2D eigenvalue weighted by molar-refractivity contribution is 5.90. The Balaban J connectivity index is 1.52. The van der Waals surface area contributed by atoms with E-state index in [9.17, 15) is 9.59 Å². The van der Waals surface area contributed by atoms with E-state index in [2.05, 4.69) is 20.6 Å². The number of hydrogen-bond donors (Lipinski definition) is 2. The molecule has 7 nitrogen and oxygen atoms in total. The summed E-state index contributed by atoms with van der Waals surface area (Å²) in [5.41, 5.74) is 3.39. The molecule has 7 heteroatoms. The summed E-state index contributed by atoms with van der Waals surface area (Å²) in [5, 5.41) is 5.80. The molecule has 1 atom stereocenters. The lowest BCUT2D eigenvalue weighted by atomic mass is 10.0. The largest absolute Gasteiger partial charge is 0.354 e. The molecule has 1 aliphatic heterocycles. The van der Waals surface area contributed by atoms with Gasteiger partial charge in [0.05, 0.1) is 12.5 Å². The fourth-order valence-electron chi connectivity index (χ4n) is 3.53. The van der Waals surface area contributed by atoms with Crippen LogP contribution in [0.5, 0.6) is 0 Å². The molecule has 0 radical (unpaired) electrons. The average Bonchev–Trinajstić information content (AvgIpc) is 2.96. The summed E-state index contributed by atoms with van der Waals surface area (Å²) < 4.78 is 0. The van der Waals surface area contributed by atoms with Crippen molar-refractivity contribution < 1.29 is 9.59 Å². The molecule has 2 N–H and O–H groups in total. The van der Waals surface area contributed by atoms with Crippen molar-refractivity contribution in [3.05, 3.63) is 78.1 Å². The summed E-state index contributed by atoms with van der Waals surface area (Å²) in [5.74, 6) is 0.593. The number of nitrogens with one attached hydrogen (secondary N) is 2. The van der Waals surface area contributed by atoms with Crippen LogP contribution < -0.4 is 10.6 Å². The first-order chi connectivity index (χ1) is 14.6. The summed E-state index contributed by atoms with van der Waals surface area (Å²) in [6.07, 6.45) is 1.97. The molecule has 0 aliphatic carbocycles. The lowest BCUT2D eigenvalue weighted by Crippen LogP contribution is -2.39. The average molecular weight is 401 g/mol. The van der Waals surface area contributed by atoms with Gasteiger partial charge < -0.3 is 15.5 Å². The second kappa shape index (κ2) is 8.73. The fraction of sp³-hybridized carbons (Fsp3) is 0.217. The predicted octanol–water partition coefficient (Wildman–Crippen LogP) is 3.55. The van der Waals surface area contributed by atoms with Crippen molar-refractivity contribution in [2.45, 2.75) is 19.4 Å². The zero-order valence-electron chi connectivity index (χ0n) is 16.7. The third-order valence-corrected chi connectivity index (χ3v) is 5.06. The Morgan fingerprint density at radius 1 is 1.10 bits per heavy atom. The van der Waals surface area contributed by atoms with Gasteiger partial charge in [-0.2, -0.15) is 0 Å². The highest BCUT2D eigenvalue weighted by Crippen LogP contribution is 2.27. The number of rotatable bonds is 3. The van der Waals surface area contributed by atoms with E-state index >= 15 is 0 Å². The molecule has 0 saturated carbocycles. The molecule has 2 aromatic carbocycles. The van der Waals surface area contributed by atoms with Crippen LogP contribution in [-0.2, 0) is 4.79 Å². The zero-order chi connectivity index (χ0) is 20.9. The van der Waals surface area contributed by atoms with Gasteiger partial charge in [0.15, 0.2) is 5.82 Å². The Morgan fingerprint density at radius 2 is 1.87 bits per heavy atom. The van der Waals surface area contributed by atoms with E-state index in [-0.39, 0.29) is 24.4 Å².